The third kappa shape index (κ3) is 1.51. The fourth-order valence-electron chi connectivity index (χ4n) is 1.45. The highest BCUT2D eigenvalue weighted by Crippen LogP contribution is 2.49. The summed E-state index contributed by atoms with van der Waals surface area (Å²) in [6.07, 6.45) is 3.46. The van der Waals surface area contributed by atoms with Crippen LogP contribution in [0.4, 0.5) is 0 Å². The molecule has 0 spiro atoms. The molecule has 2 rings (SSSR count). The van der Waals surface area contributed by atoms with Gasteiger partial charge in [-0.15, -0.1) is 0 Å². The molecule has 0 N–H and O–H groups in total. The maximum atomic E-state index is 10.2. The minimum absolute atomic E-state index is 0.299. The summed E-state index contributed by atoms with van der Waals surface area (Å²) in [6.45, 7) is 0. The van der Waals surface area contributed by atoms with Crippen LogP contribution in [0.25, 0.3) is 0 Å². The highest BCUT2D eigenvalue weighted by Gasteiger charge is 2.44. The van der Waals surface area contributed by atoms with Gasteiger partial charge >= 0.3 is 0 Å². The highest BCUT2D eigenvalue weighted by atomic mass is 35.5. The average molecular weight is 194 g/mol. The van der Waals surface area contributed by atoms with Gasteiger partial charge in [0.15, 0.2) is 0 Å². The van der Waals surface area contributed by atoms with Crippen LogP contribution in [0.15, 0.2) is 29.3 Å². The Hall–Kier alpha value is -1.11. The van der Waals surface area contributed by atoms with Crippen molar-refractivity contribution >= 4 is 17.7 Å². The molecule has 0 aliphatic heterocycles. The third-order valence-electron chi connectivity index (χ3n) is 2.35. The number of hydrogen-bond donors (Lipinski definition) is 0. The molecular formula is C10H8ClNO. The van der Waals surface area contributed by atoms with Gasteiger partial charge in [-0.2, -0.15) is 4.99 Å². The number of nitrogens with zero attached hydrogens (tertiary/aromatic N) is 1. The molecule has 0 bridgehead atoms. The number of aliphatic imine (C=N–C) groups is 1. The molecule has 0 heterocycles. The van der Waals surface area contributed by atoms with Gasteiger partial charge in [0.1, 0.15) is 0 Å². The first kappa shape index (κ1) is 8.49. The molecule has 0 radical (unpaired) electrons. The van der Waals surface area contributed by atoms with Gasteiger partial charge in [-0.3, -0.25) is 0 Å². The zero-order valence-corrected chi connectivity index (χ0v) is 7.71. The summed E-state index contributed by atoms with van der Waals surface area (Å²) in [5.41, 5.74) is 0.718. The van der Waals surface area contributed by atoms with Gasteiger partial charge in [-0.25, -0.2) is 4.79 Å². The van der Waals surface area contributed by atoms with E-state index < -0.39 is 0 Å². The maximum absolute atomic E-state index is 10.2. The average Bonchev–Trinajstić information content (AvgIpc) is 2.86. The zero-order chi connectivity index (χ0) is 9.31. The van der Waals surface area contributed by atoms with Crippen molar-refractivity contribution < 1.29 is 4.79 Å². The lowest BCUT2D eigenvalue weighted by molar-refractivity contribution is 0.556. The molecule has 1 aliphatic carbocycles. The van der Waals surface area contributed by atoms with Crippen molar-refractivity contribution in [3.8, 4) is 0 Å². The highest BCUT2D eigenvalue weighted by molar-refractivity contribution is 6.30. The van der Waals surface area contributed by atoms with E-state index in [4.69, 9.17) is 11.6 Å². The van der Waals surface area contributed by atoms with E-state index in [0.29, 0.717) is 5.02 Å². The van der Waals surface area contributed by atoms with Crippen molar-refractivity contribution in [3.05, 3.63) is 34.9 Å². The van der Waals surface area contributed by atoms with Gasteiger partial charge in [0.05, 0.1) is 5.54 Å². The van der Waals surface area contributed by atoms with Crippen molar-refractivity contribution in [1.82, 2.24) is 0 Å². The summed E-state index contributed by atoms with van der Waals surface area (Å²) in [7, 11) is 0. The van der Waals surface area contributed by atoms with Crippen molar-refractivity contribution in [2.75, 3.05) is 0 Å². The van der Waals surface area contributed by atoms with E-state index >= 15 is 0 Å². The molecule has 3 heteroatoms. The lowest BCUT2D eigenvalue weighted by Crippen LogP contribution is -2.01. The Kier molecular flexibility index (Phi) is 1.95. The minimum Gasteiger partial charge on any atom is -0.211 e. The summed E-state index contributed by atoms with van der Waals surface area (Å²) in [5.74, 6) is 0. The summed E-state index contributed by atoms with van der Waals surface area (Å²) < 4.78 is 0. The Labute approximate surface area is 81.2 Å². The Morgan fingerprint density at radius 2 is 2.23 bits per heavy atom. The summed E-state index contributed by atoms with van der Waals surface area (Å²) in [5, 5.41) is 0.685. The van der Waals surface area contributed by atoms with Gasteiger partial charge < -0.3 is 0 Å². The molecule has 2 nitrogen and oxygen atoms in total. The standard InChI is InChI=1S/C10H8ClNO/c11-9-3-1-2-8(6-9)10(4-5-10)12-7-13/h1-3,6H,4-5H2. The van der Waals surface area contributed by atoms with Crippen molar-refractivity contribution in [2.24, 2.45) is 4.99 Å². The molecule has 0 atom stereocenters. The molecule has 1 fully saturated rings. The van der Waals surface area contributed by atoms with Crippen LogP contribution in [0.1, 0.15) is 18.4 Å². The number of carbonyl (C=O) groups excluding carboxylic acids is 1. The van der Waals surface area contributed by atoms with Crippen LogP contribution >= 0.6 is 11.6 Å². The summed E-state index contributed by atoms with van der Waals surface area (Å²) in [6, 6.07) is 7.49. The Balaban J connectivity index is 2.40. The number of benzene rings is 1. The first-order chi connectivity index (χ1) is 6.27. The van der Waals surface area contributed by atoms with Crippen LogP contribution < -0.4 is 0 Å². The van der Waals surface area contributed by atoms with Gasteiger partial charge in [0.25, 0.3) is 0 Å². The summed E-state index contributed by atoms with van der Waals surface area (Å²) in [4.78, 5) is 14.0. The van der Waals surface area contributed by atoms with Crippen molar-refractivity contribution in [3.63, 3.8) is 0 Å². The van der Waals surface area contributed by atoms with Crippen LogP contribution in [-0.2, 0) is 10.3 Å². The minimum atomic E-state index is -0.299. The van der Waals surface area contributed by atoms with Gasteiger partial charge in [-0.05, 0) is 30.5 Å². The van der Waals surface area contributed by atoms with E-state index in [1.54, 1.807) is 6.08 Å². The lowest BCUT2D eigenvalue weighted by Gasteiger charge is -2.07. The van der Waals surface area contributed by atoms with Crippen molar-refractivity contribution in [2.45, 2.75) is 18.4 Å². The van der Waals surface area contributed by atoms with E-state index in [2.05, 4.69) is 4.99 Å². The predicted octanol–water partition coefficient (Wildman–Crippen LogP) is 2.66. The third-order valence-corrected chi connectivity index (χ3v) is 2.58. The number of isocyanates is 1. The summed E-state index contributed by atoms with van der Waals surface area (Å²) >= 11 is 5.84. The molecule has 0 unspecified atom stereocenters. The molecule has 13 heavy (non-hydrogen) atoms. The zero-order valence-electron chi connectivity index (χ0n) is 6.96. The van der Waals surface area contributed by atoms with E-state index in [1.165, 1.54) is 0 Å². The van der Waals surface area contributed by atoms with Gasteiger partial charge in [-0.1, -0.05) is 23.7 Å². The second-order valence-electron chi connectivity index (χ2n) is 3.25. The topological polar surface area (TPSA) is 29.4 Å². The first-order valence-corrected chi connectivity index (χ1v) is 4.50. The fraction of sp³-hybridized carbons (Fsp3) is 0.300. The molecule has 66 valence electrons. The molecule has 0 aromatic heterocycles. The lowest BCUT2D eigenvalue weighted by atomic mass is 10.1. The quantitative estimate of drug-likeness (QED) is 0.525. The maximum Gasteiger partial charge on any atom is 0.235 e. The molecule has 1 aromatic carbocycles. The van der Waals surface area contributed by atoms with E-state index in [9.17, 15) is 4.79 Å². The molecule has 1 saturated carbocycles. The molecular weight excluding hydrogens is 186 g/mol. The Bertz CT molecular complexity index is 378. The van der Waals surface area contributed by atoms with E-state index in [-0.39, 0.29) is 5.54 Å². The fourth-order valence-corrected chi connectivity index (χ4v) is 1.64. The smallest absolute Gasteiger partial charge is 0.211 e. The first-order valence-electron chi connectivity index (χ1n) is 4.12. The van der Waals surface area contributed by atoms with Gasteiger partial charge in [0.2, 0.25) is 6.08 Å². The van der Waals surface area contributed by atoms with Crippen LogP contribution in [0.2, 0.25) is 5.02 Å². The second kappa shape index (κ2) is 2.99. The monoisotopic (exact) mass is 193 g/mol. The van der Waals surface area contributed by atoms with E-state index in [0.717, 1.165) is 18.4 Å². The molecule has 1 aliphatic rings. The van der Waals surface area contributed by atoms with Gasteiger partial charge in [0, 0.05) is 5.02 Å². The van der Waals surface area contributed by atoms with Crippen LogP contribution in [0, 0.1) is 0 Å². The SMILES string of the molecule is O=C=NC1(c2cccc(Cl)c2)CC1. The largest absolute Gasteiger partial charge is 0.235 e. The Morgan fingerprint density at radius 3 is 2.77 bits per heavy atom. The molecule has 1 aromatic rings. The van der Waals surface area contributed by atoms with Crippen LogP contribution in [-0.4, -0.2) is 6.08 Å². The number of halogens is 1. The number of hydrogen-bond acceptors (Lipinski definition) is 2. The number of rotatable bonds is 2. The molecule has 0 amide bonds. The van der Waals surface area contributed by atoms with E-state index in [1.807, 2.05) is 24.3 Å². The van der Waals surface area contributed by atoms with Crippen LogP contribution in [0.3, 0.4) is 0 Å². The van der Waals surface area contributed by atoms with Crippen LogP contribution in [0.5, 0.6) is 0 Å². The Morgan fingerprint density at radius 1 is 1.46 bits per heavy atom. The normalized spacial score (nSPS) is 17.6. The van der Waals surface area contributed by atoms with Crippen molar-refractivity contribution in [1.29, 1.82) is 0 Å². The predicted molar refractivity (Wildman–Crippen MR) is 50.5 cm³/mol. The second-order valence-corrected chi connectivity index (χ2v) is 3.68. The molecule has 0 saturated heterocycles.